The Morgan fingerprint density at radius 2 is 1.69 bits per heavy atom. The van der Waals surface area contributed by atoms with E-state index >= 15 is 0 Å². The lowest BCUT2D eigenvalue weighted by atomic mass is 10.1. The molecule has 0 N–H and O–H groups in total. The first-order chi connectivity index (χ1) is 12.1. The number of hydrogen-bond donors (Lipinski definition) is 0. The molecule has 0 aliphatic carbocycles. The lowest BCUT2D eigenvalue weighted by Gasteiger charge is -2.15. The molecule has 0 aromatic heterocycles. The van der Waals surface area contributed by atoms with E-state index in [0.29, 0.717) is 5.56 Å². The van der Waals surface area contributed by atoms with Gasteiger partial charge in [-0.15, -0.1) is 0 Å². The first-order valence-electron chi connectivity index (χ1n) is 7.67. The summed E-state index contributed by atoms with van der Waals surface area (Å²) in [7, 11) is -0.982. The van der Waals surface area contributed by atoms with Gasteiger partial charge in [-0.05, 0) is 25.1 Å². The maximum absolute atomic E-state index is 12.4. The van der Waals surface area contributed by atoms with Gasteiger partial charge in [0, 0.05) is 19.7 Å². The summed E-state index contributed by atoms with van der Waals surface area (Å²) in [4.78, 5) is 24.6. The van der Waals surface area contributed by atoms with Gasteiger partial charge in [-0.25, -0.2) is 17.5 Å². The van der Waals surface area contributed by atoms with Gasteiger partial charge in [0.2, 0.25) is 15.8 Å². The van der Waals surface area contributed by atoms with Crippen molar-refractivity contribution in [1.82, 2.24) is 4.31 Å². The zero-order valence-electron chi connectivity index (χ0n) is 14.5. The first-order valence-corrected chi connectivity index (χ1v) is 9.48. The van der Waals surface area contributed by atoms with Crippen LogP contribution in [-0.4, -0.2) is 44.7 Å². The zero-order chi connectivity index (χ0) is 19.5. The Hall–Kier alpha value is -2.22. The average Bonchev–Trinajstić information content (AvgIpc) is 2.61. The van der Waals surface area contributed by atoms with E-state index in [2.05, 4.69) is 0 Å². The van der Waals surface area contributed by atoms with E-state index in [-0.39, 0.29) is 21.3 Å². The highest BCUT2D eigenvalue weighted by Gasteiger charge is 2.24. The fraction of sp³-hybridized carbons (Fsp3) is 0.222. The summed E-state index contributed by atoms with van der Waals surface area (Å²) < 4.78 is 30.6. The minimum atomic E-state index is -3.74. The molecule has 0 fully saturated rings. The van der Waals surface area contributed by atoms with Crippen LogP contribution in [-0.2, 0) is 14.8 Å². The van der Waals surface area contributed by atoms with Crippen LogP contribution in [0.25, 0.3) is 0 Å². The minimum Gasteiger partial charge on any atom is -0.451 e. The van der Waals surface area contributed by atoms with Crippen LogP contribution < -0.4 is 0 Å². The maximum Gasteiger partial charge on any atom is 0.340 e. The van der Waals surface area contributed by atoms with Crippen LogP contribution in [0.1, 0.15) is 27.6 Å². The number of carbonyl (C=O) groups excluding carboxylic acids is 2. The third kappa shape index (κ3) is 4.30. The van der Waals surface area contributed by atoms with Gasteiger partial charge in [0.1, 0.15) is 0 Å². The van der Waals surface area contributed by atoms with Crippen LogP contribution in [0.2, 0.25) is 5.02 Å². The molecule has 2 aromatic rings. The molecular weight excluding hydrogens is 378 g/mol. The molecule has 0 radical (unpaired) electrons. The van der Waals surface area contributed by atoms with E-state index < -0.39 is 22.1 Å². The van der Waals surface area contributed by atoms with Crippen molar-refractivity contribution >= 4 is 33.4 Å². The van der Waals surface area contributed by atoms with Gasteiger partial charge in [-0.1, -0.05) is 41.9 Å². The fourth-order valence-electron chi connectivity index (χ4n) is 2.15. The van der Waals surface area contributed by atoms with Crippen molar-refractivity contribution in [2.24, 2.45) is 0 Å². The van der Waals surface area contributed by atoms with E-state index in [1.165, 1.54) is 33.2 Å². The zero-order valence-corrected chi connectivity index (χ0v) is 16.0. The molecule has 138 valence electrons. The smallest absolute Gasteiger partial charge is 0.340 e. The van der Waals surface area contributed by atoms with E-state index in [1.807, 2.05) is 0 Å². The largest absolute Gasteiger partial charge is 0.451 e. The first kappa shape index (κ1) is 20.1. The van der Waals surface area contributed by atoms with E-state index in [9.17, 15) is 18.0 Å². The normalized spacial score (nSPS) is 12.7. The number of hydrogen-bond acceptors (Lipinski definition) is 5. The van der Waals surface area contributed by atoms with Gasteiger partial charge >= 0.3 is 5.97 Å². The van der Waals surface area contributed by atoms with Gasteiger partial charge in [-0.2, -0.15) is 0 Å². The summed E-state index contributed by atoms with van der Waals surface area (Å²) >= 11 is 6.01. The Morgan fingerprint density at radius 1 is 1.08 bits per heavy atom. The molecule has 1 atom stereocenters. The molecule has 0 spiro atoms. The second kappa shape index (κ2) is 7.99. The second-order valence-electron chi connectivity index (χ2n) is 5.71. The van der Waals surface area contributed by atoms with E-state index in [0.717, 1.165) is 10.4 Å². The number of nitrogens with zero attached hydrogens (tertiary/aromatic N) is 1. The van der Waals surface area contributed by atoms with Gasteiger partial charge in [0.25, 0.3) is 0 Å². The highest BCUT2D eigenvalue weighted by molar-refractivity contribution is 7.89. The molecule has 2 aromatic carbocycles. The Morgan fingerprint density at radius 3 is 2.27 bits per heavy atom. The Bertz CT molecular complexity index is 926. The van der Waals surface area contributed by atoms with Gasteiger partial charge in [0.05, 0.1) is 15.5 Å². The lowest BCUT2D eigenvalue weighted by molar-refractivity contribution is 0.0318. The summed E-state index contributed by atoms with van der Waals surface area (Å²) in [5.41, 5.74) is 0.283. The maximum atomic E-state index is 12.4. The summed E-state index contributed by atoms with van der Waals surface area (Å²) in [6, 6.07) is 12.1. The Labute approximate surface area is 157 Å². The summed E-state index contributed by atoms with van der Waals surface area (Å²) in [5, 5.41) is 0.0343. The molecule has 6 nitrogen and oxygen atoms in total. The number of Topliss-reactive ketones (excluding diaryl/α,β-unsaturated/α-hetero) is 1. The number of benzene rings is 2. The fourth-order valence-corrected chi connectivity index (χ4v) is 3.27. The van der Waals surface area contributed by atoms with Crippen molar-refractivity contribution in [3.63, 3.8) is 0 Å². The van der Waals surface area contributed by atoms with E-state index in [1.54, 1.807) is 30.3 Å². The number of halogens is 1. The predicted molar refractivity (Wildman–Crippen MR) is 98.0 cm³/mol. The lowest BCUT2D eigenvalue weighted by Crippen LogP contribution is -2.25. The molecule has 0 aliphatic rings. The summed E-state index contributed by atoms with van der Waals surface area (Å²) in [6.45, 7) is 1.45. The molecule has 0 aliphatic heterocycles. The highest BCUT2D eigenvalue weighted by Crippen LogP contribution is 2.23. The van der Waals surface area contributed by atoms with Crippen molar-refractivity contribution in [3.8, 4) is 0 Å². The van der Waals surface area contributed by atoms with Crippen molar-refractivity contribution < 1.29 is 22.7 Å². The topological polar surface area (TPSA) is 80.8 Å². The molecule has 2 rings (SSSR count). The van der Waals surface area contributed by atoms with Gasteiger partial charge < -0.3 is 4.74 Å². The van der Waals surface area contributed by atoms with E-state index in [4.69, 9.17) is 16.3 Å². The van der Waals surface area contributed by atoms with Crippen molar-refractivity contribution in [3.05, 3.63) is 64.7 Å². The molecule has 0 amide bonds. The number of ether oxygens (including phenoxy) is 1. The Balaban J connectivity index is 2.26. The van der Waals surface area contributed by atoms with Crippen LogP contribution in [0.3, 0.4) is 0 Å². The van der Waals surface area contributed by atoms with Crippen LogP contribution in [0, 0.1) is 0 Å². The SMILES string of the molecule is CC(OC(=O)c1cc(S(=O)(=O)N(C)C)ccc1Cl)C(=O)c1ccccc1. The highest BCUT2D eigenvalue weighted by atomic mass is 35.5. The summed E-state index contributed by atoms with van der Waals surface area (Å²) in [6.07, 6.45) is -1.05. The third-order valence-corrected chi connectivity index (χ3v) is 5.79. The van der Waals surface area contributed by atoms with Crippen molar-refractivity contribution in [2.75, 3.05) is 14.1 Å². The van der Waals surface area contributed by atoms with Crippen LogP contribution in [0.15, 0.2) is 53.4 Å². The van der Waals surface area contributed by atoms with Crippen molar-refractivity contribution in [2.45, 2.75) is 17.9 Å². The minimum absolute atomic E-state index is 0.0343. The summed E-state index contributed by atoms with van der Waals surface area (Å²) in [5.74, 6) is -1.24. The van der Waals surface area contributed by atoms with Crippen LogP contribution >= 0.6 is 11.6 Å². The molecular formula is C18H18ClNO5S. The monoisotopic (exact) mass is 395 g/mol. The molecule has 26 heavy (non-hydrogen) atoms. The molecule has 0 saturated heterocycles. The molecule has 0 bridgehead atoms. The van der Waals surface area contributed by atoms with Gasteiger partial charge in [0.15, 0.2) is 6.10 Å². The van der Waals surface area contributed by atoms with Gasteiger partial charge in [-0.3, -0.25) is 4.79 Å². The third-order valence-electron chi connectivity index (χ3n) is 3.65. The molecule has 0 heterocycles. The number of rotatable bonds is 6. The van der Waals surface area contributed by atoms with Crippen LogP contribution in [0.4, 0.5) is 0 Å². The second-order valence-corrected chi connectivity index (χ2v) is 8.27. The number of ketones is 1. The molecule has 8 heteroatoms. The molecule has 0 saturated carbocycles. The Kier molecular flexibility index (Phi) is 6.17. The molecule has 1 unspecified atom stereocenters. The predicted octanol–water partition coefficient (Wildman–Crippen LogP) is 3.02. The number of esters is 1. The standard InChI is InChI=1S/C18H18ClNO5S/c1-12(17(21)13-7-5-4-6-8-13)25-18(22)15-11-14(9-10-16(15)19)26(23,24)20(2)3/h4-12H,1-3H3. The average molecular weight is 396 g/mol. The quantitative estimate of drug-likeness (QED) is 0.554. The number of sulfonamides is 1. The van der Waals surface area contributed by atoms with Crippen molar-refractivity contribution in [1.29, 1.82) is 0 Å². The number of carbonyl (C=O) groups is 2. The van der Waals surface area contributed by atoms with Crippen LogP contribution in [0.5, 0.6) is 0 Å².